The lowest BCUT2D eigenvalue weighted by atomic mass is 10.2. The van der Waals surface area contributed by atoms with E-state index in [1.165, 1.54) is 16.7 Å². The Labute approximate surface area is 129 Å². The highest BCUT2D eigenvalue weighted by Crippen LogP contribution is 2.19. The summed E-state index contributed by atoms with van der Waals surface area (Å²) in [6.07, 6.45) is 0. The highest BCUT2D eigenvalue weighted by molar-refractivity contribution is 6.30. The molecule has 1 aromatic heterocycles. The second-order valence-electron chi connectivity index (χ2n) is 4.42. The van der Waals surface area contributed by atoms with Crippen LogP contribution in [0.1, 0.15) is 5.82 Å². The van der Waals surface area contributed by atoms with Crippen LogP contribution in [0.3, 0.4) is 0 Å². The molecule has 0 bridgehead atoms. The summed E-state index contributed by atoms with van der Waals surface area (Å²) in [5.41, 5.74) is 0.609. The zero-order chi connectivity index (χ0) is 15.0. The van der Waals surface area contributed by atoms with E-state index < -0.39 is 5.82 Å². The van der Waals surface area contributed by atoms with Crippen molar-refractivity contribution >= 4 is 34.1 Å². The smallest absolute Gasteiger partial charge is 0.266 e. The minimum atomic E-state index is -0.602. The van der Waals surface area contributed by atoms with Gasteiger partial charge in [-0.15, -0.1) is 11.6 Å². The molecule has 0 aliphatic heterocycles. The Morgan fingerprint density at radius 3 is 2.67 bits per heavy atom. The van der Waals surface area contributed by atoms with Crippen LogP contribution >= 0.6 is 23.2 Å². The van der Waals surface area contributed by atoms with E-state index in [4.69, 9.17) is 23.2 Å². The molecular weight excluding hydrogens is 314 g/mol. The highest BCUT2D eigenvalue weighted by atomic mass is 35.5. The molecule has 0 N–H and O–H groups in total. The zero-order valence-corrected chi connectivity index (χ0v) is 12.2. The summed E-state index contributed by atoms with van der Waals surface area (Å²) in [6, 6.07) is 11.1. The predicted molar refractivity (Wildman–Crippen MR) is 81.9 cm³/mol. The Balaban J connectivity index is 2.37. The van der Waals surface area contributed by atoms with Crippen molar-refractivity contribution in [1.29, 1.82) is 0 Å². The summed E-state index contributed by atoms with van der Waals surface area (Å²) in [6.45, 7) is 0. The predicted octanol–water partition coefficient (Wildman–Crippen LogP) is 3.92. The topological polar surface area (TPSA) is 34.9 Å². The van der Waals surface area contributed by atoms with Gasteiger partial charge in [0.05, 0.1) is 27.5 Å². The van der Waals surface area contributed by atoms with Gasteiger partial charge >= 0.3 is 0 Å². The summed E-state index contributed by atoms with van der Waals surface area (Å²) in [4.78, 5) is 17.0. The molecule has 21 heavy (non-hydrogen) atoms. The second-order valence-corrected chi connectivity index (χ2v) is 5.09. The number of aromatic nitrogens is 2. The normalized spacial score (nSPS) is 11.0. The number of para-hydroxylation sites is 1. The van der Waals surface area contributed by atoms with Gasteiger partial charge in [-0.3, -0.25) is 9.36 Å². The van der Waals surface area contributed by atoms with E-state index in [0.29, 0.717) is 22.4 Å². The first kappa shape index (κ1) is 14.0. The fourth-order valence-corrected chi connectivity index (χ4v) is 2.46. The lowest BCUT2D eigenvalue weighted by Crippen LogP contribution is -2.23. The van der Waals surface area contributed by atoms with Crippen LogP contribution in [0.25, 0.3) is 16.6 Å². The molecule has 0 radical (unpaired) electrons. The largest absolute Gasteiger partial charge is 0.268 e. The number of rotatable bonds is 2. The number of fused-ring (bicyclic) bond motifs is 1. The second kappa shape index (κ2) is 5.47. The van der Waals surface area contributed by atoms with E-state index in [2.05, 4.69) is 4.98 Å². The molecule has 0 saturated heterocycles. The molecule has 1 heterocycles. The maximum atomic E-state index is 13.6. The van der Waals surface area contributed by atoms with Crippen molar-refractivity contribution in [3.63, 3.8) is 0 Å². The van der Waals surface area contributed by atoms with Crippen LogP contribution in [0.15, 0.2) is 47.3 Å². The van der Waals surface area contributed by atoms with Crippen LogP contribution in [0, 0.1) is 5.82 Å². The number of hydrogen-bond donors (Lipinski definition) is 0. The molecule has 106 valence electrons. The molecule has 0 aliphatic carbocycles. The van der Waals surface area contributed by atoms with Crippen molar-refractivity contribution in [2.75, 3.05) is 0 Å². The average Bonchev–Trinajstić information content (AvgIpc) is 2.50. The number of alkyl halides is 1. The number of nitrogens with zero attached hydrogens (tertiary/aromatic N) is 2. The molecule has 0 amide bonds. The third kappa shape index (κ3) is 2.41. The molecule has 0 aliphatic rings. The first-order chi connectivity index (χ1) is 10.1. The van der Waals surface area contributed by atoms with Crippen molar-refractivity contribution in [3.05, 3.63) is 69.5 Å². The van der Waals surface area contributed by atoms with E-state index in [1.54, 1.807) is 30.3 Å². The summed E-state index contributed by atoms with van der Waals surface area (Å²) in [5.74, 6) is -0.221. The van der Waals surface area contributed by atoms with Gasteiger partial charge in [-0.2, -0.15) is 0 Å². The molecule has 6 heteroatoms. The third-order valence-electron chi connectivity index (χ3n) is 3.13. The van der Waals surface area contributed by atoms with Crippen LogP contribution in [-0.4, -0.2) is 9.55 Å². The van der Waals surface area contributed by atoms with Crippen LogP contribution in [0.5, 0.6) is 0 Å². The zero-order valence-electron chi connectivity index (χ0n) is 10.7. The summed E-state index contributed by atoms with van der Waals surface area (Å²) in [7, 11) is 0. The molecule has 0 unspecified atom stereocenters. The van der Waals surface area contributed by atoms with Crippen molar-refractivity contribution in [3.8, 4) is 5.69 Å². The van der Waals surface area contributed by atoms with Crippen molar-refractivity contribution in [2.45, 2.75) is 5.88 Å². The molecule has 2 aromatic carbocycles. The van der Waals surface area contributed by atoms with Gasteiger partial charge in [0.25, 0.3) is 5.56 Å². The molecule has 0 saturated carbocycles. The van der Waals surface area contributed by atoms with Gasteiger partial charge in [-0.05, 0) is 30.3 Å². The first-order valence-electron chi connectivity index (χ1n) is 6.14. The fourth-order valence-electron chi connectivity index (χ4n) is 2.16. The Kier molecular flexibility index (Phi) is 3.66. The van der Waals surface area contributed by atoms with Crippen molar-refractivity contribution in [1.82, 2.24) is 9.55 Å². The van der Waals surface area contributed by atoms with Gasteiger partial charge in [0, 0.05) is 0 Å². The molecule has 3 rings (SSSR count). The lowest BCUT2D eigenvalue weighted by Gasteiger charge is -2.12. The first-order valence-corrected chi connectivity index (χ1v) is 7.05. The minimum Gasteiger partial charge on any atom is -0.268 e. The SMILES string of the molecule is O=c1c2ccccc2nc(CCl)n1-c1ccc(Cl)c(F)c1. The van der Waals surface area contributed by atoms with E-state index >= 15 is 0 Å². The van der Waals surface area contributed by atoms with Gasteiger partial charge in [0.1, 0.15) is 11.6 Å². The van der Waals surface area contributed by atoms with Crippen LogP contribution in [-0.2, 0) is 5.88 Å². The molecular formula is C15H9Cl2FN2O. The number of benzene rings is 2. The molecule has 3 nitrogen and oxygen atoms in total. The molecule has 3 aromatic rings. The summed E-state index contributed by atoms with van der Waals surface area (Å²) in [5, 5.41) is 0.440. The van der Waals surface area contributed by atoms with Crippen LogP contribution in [0.4, 0.5) is 4.39 Å². The van der Waals surface area contributed by atoms with Crippen LogP contribution in [0.2, 0.25) is 5.02 Å². The Morgan fingerprint density at radius 1 is 1.19 bits per heavy atom. The maximum absolute atomic E-state index is 13.6. The van der Waals surface area contributed by atoms with E-state index in [1.807, 2.05) is 0 Å². The van der Waals surface area contributed by atoms with E-state index in [0.717, 1.165) is 0 Å². The van der Waals surface area contributed by atoms with E-state index in [-0.39, 0.29) is 16.5 Å². The van der Waals surface area contributed by atoms with Gasteiger partial charge in [-0.25, -0.2) is 9.37 Å². The van der Waals surface area contributed by atoms with Gasteiger partial charge in [0.15, 0.2) is 0 Å². The molecule has 0 fully saturated rings. The van der Waals surface area contributed by atoms with Crippen molar-refractivity contribution in [2.24, 2.45) is 0 Å². The molecule has 0 spiro atoms. The maximum Gasteiger partial charge on any atom is 0.266 e. The fraction of sp³-hybridized carbons (Fsp3) is 0.0667. The summed E-state index contributed by atoms with van der Waals surface area (Å²) >= 11 is 11.6. The van der Waals surface area contributed by atoms with Crippen molar-refractivity contribution < 1.29 is 4.39 Å². The Hall–Kier alpha value is -1.91. The summed E-state index contributed by atoms with van der Waals surface area (Å²) < 4.78 is 14.9. The highest BCUT2D eigenvalue weighted by Gasteiger charge is 2.13. The third-order valence-corrected chi connectivity index (χ3v) is 3.67. The molecule has 0 atom stereocenters. The lowest BCUT2D eigenvalue weighted by molar-refractivity contribution is 0.626. The minimum absolute atomic E-state index is 0.00651. The quantitative estimate of drug-likeness (QED) is 0.670. The Bertz CT molecular complexity index is 892. The van der Waals surface area contributed by atoms with Gasteiger partial charge in [0.2, 0.25) is 0 Å². The Morgan fingerprint density at radius 2 is 1.95 bits per heavy atom. The number of halogens is 3. The van der Waals surface area contributed by atoms with E-state index in [9.17, 15) is 9.18 Å². The van der Waals surface area contributed by atoms with Gasteiger partial charge < -0.3 is 0 Å². The average molecular weight is 323 g/mol. The van der Waals surface area contributed by atoms with Crippen LogP contribution < -0.4 is 5.56 Å². The monoisotopic (exact) mass is 322 g/mol. The number of hydrogen-bond acceptors (Lipinski definition) is 2. The standard InChI is InChI=1S/C15H9Cl2FN2O/c16-8-14-19-13-4-2-1-3-10(13)15(21)20(14)9-5-6-11(17)12(18)7-9/h1-7H,8H2. The van der Waals surface area contributed by atoms with Gasteiger partial charge in [-0.1, -0.05) is 23.7 Å².